The first-order valence-electron chi connectivity index (χ1n) is 5.80. The highest BCUT2D eigenvalue weighted by molar-refractivity contribution is 6.33. The number of ether oxygens (including phenoxy) is 1. The fourth-order valence-corrected chi connectivity index (χ4v) is 1.72. The van der Waals surface area contributed by atoms with E-state index in [0.29, 0.717) is 36.0 Å². The number of anilines is 1. The molecule has 1 aromatic rings. The van der Waals surface area contributed by atoms with Crippen molar-refractivity contribution in [1.29, 1.82) is 5.26 Å². The van der Waals surface area contributed by atoms with E-state index >= 15 is 0 Å². The molecule has 1 rings (SSSR count). The molecule has 1 aromatic carbocycles. The Bertz CT molecular complexity index is 485. The van der Waals surface area contributed by atoms with E-state index in [9.17, 15) is 4.79 Å². The fourth-order valence-electron chi connectivity index (χ4n) is 1.54. The molecule has 0 heterocycles. The largest absolute Gasteiger partial charge is 0.398 e. The maximum absolute atomic E-state index is 12.3. The molecule has 0 fully saturated rings. The Morgan fingerprint density at radius 3 is 2.84 bits per heavy atom. The van der Waals surface area contributed by atoms with Crippen molar-refractivity contribution >= 4 is 23.2 Å². The van der Waals surface area contributed by atoms with Crippen LogP contribution in [-0.4, -0.2) is 37.6 Å². The molecule has 0 aromatic heterocycles. The van der Waals surface area contributed by atoms with Gasteiger partial charge in [0.05, 0.1) is 29.8 Å². The van der Waals surface area contributed by atoms with Gasteiger partial charge in [0.15, 0.2) is 0 Å². The van der Waals surface area contributed by atoms with Gasteiger partial charge >= 0.3 is 0 Å². The quantitative estimate of drug-likeness (QED) is 0.808. The summed E-state index contributed by atoms with van der Waals surface area (Å²) in [5.74, 6) is -0.186. The van der Waals surface area contributed by atoms with Crippen molar-refractivity contribution in [3.63, 3.8) is 0 Å². The van der Waals surface area contributed by atoms with Crippen LogP contribution in [0.4, 0.5) is 5.69 Å². The maximum atomic E-state index is 12.3. The number of hydrogen-bond acceptors (Lipinski definition) is 4. The molecule has 0 aliphatic carbocycles. The van der Waals surface area contributed by atoms with E-state index < -0.39 is 0 Å². The van der Waals surface area contributed by atoms with E-state index in [1.165, 1.54) is 6.07 Å². The number of carbonyl (C=O) groups excluding carboxylic acids is 1. The minimum atomic E-state index is -0.186. The number of hydrogen-bond donors (Lipinski definition) is 1. The molecule has 102 valence electrons. The summed E-state index contributed by atoms with van der Waals surface area (Å²) in [5.41, 5.74) is 6.49. The van der Waals surface area contributed by atoms with Crippen LogP contribution in [0.15, 0.2) is 18.2 Å². The van der Waals surface area contributed by atoms with Crippen LogP contribution in [0.2, 0.25) is 5.02 Å². The second-order valence-electron chi connectivity index (χ2n) is 3.93. The predicted molar refractivity (Wildman–Crippen MR) is 73.9 cm³/mol. The smallest absolute Gasteiger partial charge is 0.254 e. The summed E-state index contributed by atoms with van der Waals surface area (Å²) >= 11 is 5.90. The van der Waals surface area contributed by atoms with Crippen LogP contribution in [0, 0.1) is 11.3 Å². The molecule has 0 unspecified atom stereocenters. The zero-order chi connectivity index (χ0) is 14.3. The Labute approximate surface area is 117 Å². The number of nitrogens with zero attached hydrogens (tertiary/aromatic N) is 2. The van der Waals surface area contributed by atoms with Gasteiger partial charge in [-0.25, -0.2) is 0 Å². The lowest BCUT2D eigenvalue weighted by molar-refractivity contribution is 0.0700. The maximum Gasteiger partial charge on any atom is 0.254 e. The highest BCUT2D eigenvalue weighted by Gasteiger charge is 2.16. The van der Waals surface area contributed by atoms with E-state index in [-0.39, 0.29) is 12.3 Å². The van der Waals surface area contributed by atoms with Gasteiger partial charge in [0, 0.05) is 25.8 Å². The van der Waals surface area contributed by atoms with Crippen LogP contribution in [0.3, 0.4) is 0 Å². The highest BCUT2D eigenvalue weighted by Crippen LogP contribution is 2.20. The third-order valence-corrected chi connectivity index (χ3v) is 2.92. The van der Waals surface area contributed by atoms with Crippen molar-refractivity contribution in [1.82, 2.24) is 4.90 Å². The van der Waals surface area contributed by atoms with Crippen molar-refractivity contribution in [3.05, 3.63) is 28.8 Å². The Kier molecular flexibility index (Phi) is 6.13. The molecule has 0 radical (unpaired) electrons. The van der Waals surface area contributed by atoms with E-state index in [2.05, 4.69) is 0 Å². The summed E-state index contributed by atoms with van der Waals surface area (Å²) in [5, 5.41) is 8.96. The number of nitriles is 1. The van der Waals surface area contributed by atoms with Gasteiger partial charge in [0.1, 0.15) is 0 Å². The summed E-state index contributed by atoms with van der Waals surface area (Å²) in [6.07, 6.45) is 0.276. The highest BCUT2D eigenvalue weighted by atomic mass is 35.5. The minimum absolute atomic E-state index is 0.186. The van der Waals surface area contributed by atoms with Crippen LogP contribution in [0.5, 0.6) is 0 Å². The van der Waals surface area contributed by atoms with Crippen molar-refractivity contribution in [2.75, 3.05) is 32.5 Å². The second-order valence-corrected chi connectivity index (χ2v) is 4.34. The first kappa shape index (κ1) is 15.3. The molecule has 0 spiro atoms. The number of methoxy groups -OCH3 is 1. The third-order valence-electron chi connectivity index (χ3n) is 2.59. The molecule has 19 heavy (non-hydrogen) atoms. The van der Waals surface area contributed by atoms with E-state index in [1.54, 1.807) is 24.1 Å². The molecule has 1 amide bonds. The number of halogens is 1. The first-order valence-corrected chi connectivity index (χ1v) is 6.18. The van der Waals surface area contributed by atoms with Gasteiger partial charge in [-0.2, -0.15) is 5.26 Å². The number of rotatable bonds is 6. The molecular formula is C13H16ClN3O2. The Hall–Kier alpha value is -1.77. The van der Waals surface area contributed by atoms with Crippen molar-refractivity contribution in [3.8, 4) is 6.07 Å². The van der Waals surface area contributed by atoms with Crippen LogP contribution < -0.4 is 5.73 Å². The summed E-state index contributed by atoms with van der Waals surface area (Å²) in [4.78, 5) is 13.8. The Balaban J connectivity index is 2.84. The zero-order valence-electron chi connectivity index (χ0n) is 10.7. The summed E-state index contributed by atoms with van der Waals surface area (Å²) in [7, 11) is 1.56. The lowest BCUT2D eigenvalue weighted by atomic mass is 10.1. The van der Waals surface area contributed by atoms with Crippen LogP contribution >= 0.6 is 11.6 Å². The first-order chi connectivity index (χ1) is 9.10. The topological polar surface area (TPSA) is 79.3 Å². The molecule has 5 nitrogen and oxygen atoms in total. The summed E-state index contributed by atoms with van der Waals surface area (Å²) in [6, 6.07) is 6.77. The molecule has 0 aliphatic rings. The van der Waals surface area contributed by atoms with Gasteiger partial charge in [-0.15, -0.1) is 0 Å². The van der Waals surface area contributed by atoms with E-state index in [0.717, 1.165) is 0 Å². The average Bonchev–Trinajstić information content (AvgIpc) is 2.41. The minimum Gasteiger partial charge on any atom is -0.398 e. The average molecular weight is 282 g/mol. The van der Waals surface area contributed by atoms with Crippen LogP contribution in [0.1, 0.15) is 16.8 Å². The van der Waals surface area contributed by atoms with Gasteiger partial charge < -0.3 is 15.4 Å². The molecule has 0 atom stereocenters. The van der Waals surface area contributed by atoms with E-state index in [1.807, 2.05) is 6.07 Å². The Morgan fingerprint density at radius 2 is 2.26 bits per heavy atom. The third kappa shape index (κ3) is 4.43. The number of benzene rings is 1. The monoisotopic (exact) mass is 281 g/mol. The van der Waals surface area contributed by atoms with E-state index in [4.69, 9.17) is 27.3 Å². The zero-order valence-corrected chi connectivity index (χ0v) is 11.5. The molecule has 0 saturated heterocycles. The molecule has 0 saturated carbocycles. The van der Waals surface area contributed by atoms with Gasteiger partial charge in [-0.05, 0) is 18.2 Å². The Morgan fingerprint density at radius 1 is 1.53 bits per heavy atom. The standard InChI is InChI=1S/C13H16ClN3O2/c1-19-8-7-17(6-2-5-15)13(18)10-3-4-12(16)11(14)9-10/h3-4,9H,2,6-8,16H2,1H3. The van der Waals surface area contributed by atoms with Gasteiger partial charge in [-0.1, -0.05) is 11.6 Å². The lowest BCUT2D eigenvalue weighted by Gasteiger charge is -2.21. The number of amides is 1. The second kappa shape index (κ2) is 7.62. The normalized spacial score (nSPS) is 9.95. The van der Waals surface area contributed by atoms with Crippen molar-refractivity contribution < 1.29 is 9.53 Å². The molecule has 2 N–H and O–H groups in total. The van der Waals surface area contributed by atoms with Crippen molar-refractivity contribution in [2.24, 2.45) is 0 Å². The SMILES string of the molecule is COCCN(CCC#N)C(=O)c1ccc(N)c(Cl)c1. The summed E-state index contributed by atoms with van der Waals surface area (Å²) < 4.78 is 4.96. The molecular weight excluding hydrogens is 266 g/mol. The number of nitrogens with two attached hydrogens (primary N) is 1. The van der Waals surface area contributed by atoms with Gasteiger partial charge in [0.25, 0.3) is 5.91 Å². The molecule has 6 heteroatoms. The van der Waals surface area contributed by atoms with Gasteiger partial charge in [0.2, 0.25) is 0 Å². The van der Waals surface area contributed by atoms with Crippen molar-refractivity contribution in [2.45, 2.75) is 6.42 Å². The summed E-state index contributed by atoms with van der Waals surface area (Å²) in [6.45, 7) is 1.21. The molecule has 0 bridgehead atoms. The van der Waals surface area contributed by atoms with Crippen LogP contribution in [-0.2, 0) is 4.74 Å². The fraction of sp³-hybridized carbons (Fsp3) is 0.385. The lowest BCUT2D eigenvalue weighted by Crippen LogP contribution is -2.34. The number of carbonyl (C=O) groups is 1. The van der Waals surface area contributed by atoms with Crippen LogP contribution in [0.25, 0.3) is 0 Å². The number of nitrogen functional groups attached to an aromatic ring is 1. The predicted octanol–water partition coefficient (Wildman–Crippen LogP) is 1.92. The molecule has 0 aliphatic heterocycles. The van der Waals surface area contributed by atoms with Gasteiger partial charge in [-0.3, -0.25) is 4.79 Å².